The summed E-state index contributed by atoms with van der Waals surface area (Å²) in [5.41, 5.74) is 1.78. The fourth-order valence-electron chi connectivity index (χ4n) is 3.74. The maximum atomic E-state index is 11.0. The molecule has 3 heteroatoms. The molecule has 1 aliphatic rings. The van der Waals surface area contributed by atoms with Gasteiger partial charge in [0.15, 0.2) is 0 Å². The molecule has 1 N–H and O–H groups in total. The van der Waals surface area contributed by atoms with Gasteiger partial charge in [-0.25, -0.2) is 0 Å². The van der Waals surface area contributed by atoms with E-state index in [-0.39, 0.29) is 0 Å². The summed E-state index contributed by atoms with van der Waals surface area (Å²) in [6.45, 7) is 6.69. The van der Waals surface area contributed by atoms with E-state index in [1.807, 2.05) is 11.7 Å². The molecule has 20 heavy (non-hydrogen) atoms. The number of aliphatic hydroxyl groups is 1. The smallest absolute Gasteiger partial charge is 0.0705 e. The summed E-state index contributed by atoms with van der Waals surface area (Å²) in [4.78, 5) is 0. The van der Waals surface area contributed by atoms with Gasteiger partial charge in [0, 0.05) is 19.2 Å². The lowest BCUT2D eigenvalue weighted by molar-refractivity contribution is -0.0202. The van der Waals surface area contributed by atoms with Gasteiger partial charge in [0.2, 0.25) is 0 Å². The maximum absolute atomic E-state index is 11.0. The van der Waals surface area contributed by atoms with Crippen LogP contribution in [0.1, 0.15) is 64.3 Å². The van der Waals surface area contributed by atoms with E-state index in [9.17, 15) is 5.11 Å². The molecule has 0 radical (unpaired) electrons. The van der Waals surface area contributed by atoms with E-state index in [2.05, 4.69) is 31.9 Å². The van der Waals surface area contributed by atoms with E-state index in [1.165, 1.54) is 18.5 Å². The second kappa shape index (κ2) is 6.30. The van der Waals surface area contributed by atoms with Crippen molar-refractivity contribution in [3.05, 3.63) is 17.5 Å². The SMILES string of the molecule is CCc1cc(CC2(O)CCCC(CC(C)C)C2)n(C)n1. The molecule has 0 bridgehead atoms. The first-order valence-corrected chi connectivity index (χ1v) is 8.16. The first-order valence-electron chi connectivity index (χ1n) is 8.16. The van der Waals surface area contributed by atoms with Crippen LogP contribution in [-0.4, -0.2) is 20.5 Å². The van der Waals surface area contributed by atoms with E-state index in [0.29, 0.717) is 5.92 Å². The van der Waals surface area contributed by atoms with Crippen LogP contribution in [0.3, 0.4) is 0 Å². The van der Waals surface area contributed by atoms with Crippen molar-refractivity contribution in [1.29, 1.82) is 0 Å². The number of nitrogens with zero attached hydrogens (tertiary/aromatic N) is 2. The van der Waals surface area contributed by atoms with E-state index in [1.54, 1.807) is 0 Å². The van der Waals surface area contributed by atoms with Gasteiger partial charge in [0.05, 0.1) is 11.3 Å². The molecule has 1 aliphatic carbocycles. The highest BCUT2D eigenvalue weighted by molar-refractivity contribution is 5.13. The average molecular weight is 278 g/mol. The normalized spacial score (nSPS) is 27.2. The molecule has 1 saturated carbocycles. The molecule has 2 atom stereocenters. The molecule has 0 saturated heterocycles. The molecule has 2 rings (SSSR count). The van der Waals surface area contributed by atoms with Crippen molar-refractivity contribution < 1.29 is 5.11 Å². The van der Waals surface area contributed by atoms with Crippen LogP contribution in [0.15, 0.2) is 6.07 Å². The second-order valence-corrected chi connectivity index (χ2v) is 7.10. The van der Waals surface area contributed by atoms with E-state index >= 15 is 0 Å². The summed E-state index contributed by atoms with van der Waals surface area (Å²) in [5.74, 6) is 1.42. The lowest BCUT2D eigenvalue weighted by Gasteiger charge is -2.37. The molecule has 0 aromatic carbocycles. The van der Waals surface area contributed by atoms with Crippen molar-refractivity contribution in [2.24, 2.45) is 18.9 Å². The van der Waals surface area contributed by atoms with Crippen LogP contribution in [-0.2, 0) is 19.9 Å². The van der Waals surface area contributed by atoms with Crippen LogP contribution in [0, 0.1) is 11.8 Å². The van der Waals surface area contributed by atoms with E-state index in [4.69, 9.17) is 0 Å². The topological polar surface area (TPSA) is 38.0 Å². The van der Waals surface area contributed by atoms with Crippen molar-refractivity contribution in [3.8, 4) is 0 Å². The zero-order valence-electron chi connectivity index (χ0n) is 13.5. The Kier molecular flexibility index (Phi) is 4.90. The number of rotatable bonds is 5. The van der Waals surface area contributed by atoms with E-state index < -0.39 is 5.60 Å². The minimum Gasteiger partial charge on any atom is -0.389 e. The highest BCUT2D eigenvalue weighted by Crippen LogP contribution is 2.37. The second-order valence-electron chi connectivity index (χ2n) is 7.10. The van der Waals surface area contributed by atoms with Gasteiger partial charge in [-0.3, -0.25) is 4.68 Å². The fourth-order valence-corrected chi connectivity index (χ4v) is 3.74. The monoisotopic (exact) mass is 278 g/mol. The third kappa shape index (κ3) is 3.85. The first-order chi connectivity index (χ1) is 9.42. The average Bonchev–Trinajstić information content (AvgIpc) is 2.68. The largest absolute Gasteiger partial charge is 0.389 e. The van der Waals surface area contributed by atoms with Gasteiger partial charge in [-0.1, -0.05) is 33.6 Å². The van der Waals surface area contributed by atoms with Crippen LogP contribution in [0.5, 0.6) is 0 Å². The third-order valence-electron chi connectivity index (χ3n) is 4.63. The predicted octanol–water partition coefficient (Wildman–Crippen LogP) is 3.49. The zero-order chi connectivity index (χ0) is 14.8. The number of hydrogen-bond donors (Lipinski definition) is 1. The molecule has 1 aromatic heterocycles. The number of aromatic nitrogens is 2. The molecule has 1 heterocycles. The summed E-state index contributed by atoms with van der Waals surface area (Å²) in [6.07, 6.45) is 7.30. The van der Waals surface area contributed by atoms with Crippen LogP contribution < -0.4 is 0 Å². The Labute approximate surface area is 123 Å². The zero-order valence-corrected chi connectivity index (χ0v) is 13.5. The molecule has 0 spiro atoms. The minimum absolute atomic E-state index is 0.517. The number of hydrogen-bond acceptors (Lipinski definition) is 2. The van der Waals surface area contributed by atoms with Crippen LogP contribution in [0.2, 0.25) is 0 Å². The quantitative estimate of drug-likeness (QED) is 0.895. The highest BCUT2D eigenvalue weighted by Gasteiger charge is 2.35. The summed E-state index contributed by atoms with van der Waals surface area (Å²) < 4.78 is 1.95. The Bertz CT molecular complexity index is 438. The lowest BCUT2D eigenvalue weighted by atomic mass is 9.73. The van der Waals surface area contributed by atoms with Gasteiger partial charge < -0.3 is 5.11 Å². The van der Waals surface area contributed by atoms with Gasteiger partial charge in [-0.2, -0.15) is 5.10 Å². The van der Waals surface area contributed by atoms with Gasteiger partial charge in [-0.15, -0.1) is 0 Å². The Morgan fingerprint density at radius 3 is 2.85 bits per heavy atom. The Hall–Kier alpha value is -0.830. The van der Waals surface area contributed by atoms with Crippen LogP contribution >= 0.6 is 0 Å². The summed E-state index contributed by atoms with van der Waals surface area (Å²) in [7, 11) is 1.99. The Morgan fingerprint density at radius 2 is 2.25 bits per heavy atom. The summed E-state index contributed by atoms with van der Waals surface area (Å²) in [6, 6.07) is 2.16. The molecule has 1 fully saturated rings. The van der Waals surface area contributed by atoms with Gasteiger partial charge >= 0.3 is 0 Å². The van der Waals surface area contributed by atoms with Crippen LogP contribution in [0.4, 0.5) is 0 Å². The molecule has 1 aromatic rings. The molecule has 114 valence electrons. The molecular weight excluding hydrogens is 248 g/mol. The van der Waals surface area contributed by atoms with Gasteiger partial charge in [-0.05, 0) is 43.6 Å². The summed E-state index contributed by atoms with van der Waals surface area (Å²) >= 11 is 0. The minimum atomic E-state index is -0.517. The van der Waals surface area contributed by atoms with Crippen LogP contribution in [0.25, 0.3) is 0 Å². The van der Waals surface area contributed by atoms with Crippen molar-refractivity contribution in [1.82, 2.24) is 9.78 Å². The van der Waals surface area contributed by atoms with Gasteiger partial charge in [0.1, 0.15) is 0 Å². The summed E-state index contributed by atoms with van der Waals surface area (Å²) in [5, 5.41) is 15.5. The van der Waals surface area contributed by atoms with Crippen molar-refractivity contribution in [2.75, 3.05) is 0 Å². The van der Waals surface area contributed by atoms with Crippen molar-refractivity contribution >= 4 is 0 Å². The van der Waals surface area contributed by atoms with E-state index in [0.717, 1.165) is 43.7 Å². The fraction of sp³-hybridized carbons (Fsp3) is 0.824. The molecule has 0 amide bonds. The predicted molar refractivity (Wildman–Crippen MR) is 82.7 cm³/mol. The lowest BCUT2D eigenvalue weighted by Crippen LogP contribution is -2.38. The Balaban J connectivity index is 2.04. The van der Waals surface area contributed by atoms with Crippen molar-refractivity contribution in [2.45, 2.75) is 71.3 Å². The molecule has 3 nitrogen and oxygen atoms in total. The standard InChI is InChI=1S/C17H30N2O/c1-5-15-10-16(19(4)18-15)12-17(20)8-6-7-14(11-17)9-13(2)3/h10,13-14,20H,5-9,11-12H2,1-4H3. The first kappa shape index (κ1) is 15.6. The highest BCUT2D eigenvalue weighted by atomic mass is 16.3. The number of aryl methyl sites for hydroxylation is 2. The maximum Gasteiger partial charge on any atom is 0.0705 e. The Morgan fingerprint density at radius 1 is 1.50 bits per heavy atom. The molecule has 2 unspecified atom stereocenters. The molecule has 0 aliphatic heterocycles. The van der Waals surface area contributed by atoms with Crippen molar-refractivity contribution in [3.63, 3.8) is 0 Å². The molecular formula is C17H30N2O. The van der Waals surface area contributed by atoms with Gasteiger partial charge in [0.25, 0.3) is 0 Å². The third-order valence-corrected chi connectivity index (χ3v) is 4.63.